The van der Waals surface area contributed by atoms with Gasteiger partial charge in [0.25, 0.3) is 6.47 Å². The van der Waals surface area contributed by atoms with Crippen LogP contribution in [0.3, 0.4) is 0 Å². The van der Waals surface area contributed by atoms with Crippen LogP contribution in [0.1, 0.15) is 112 Å². The fourth-order valence-corrected chi connectivity index (χ4v) is 13.3. The summed E-state index contributed by atoms with van der Waals surface area (Å²) in [6.45, 7) is 11.7. The first-order chi connectivity index (χ1) is 28.4. The van der Waals surface area contributed by atoms with Crippen LogP contribution in [0.5, 0.6) is 0 Å². The average molecular weight is 851 g/mol. The van der Waals surface area contributed by atoms with E-state index in [1.54, 1.807) is 13.8 Å². The van der Waals surface area contributed by atoms with E-state index in [-0.39, 0.29) is 61.1 Å². The maximum Gasteiger partial charge on any atom is 0.331 e. The molecule has 338 valence electrons. The SMILES string of the molecule is CC(=O)O[C@H]1C[C@H](O[C@H]2[C@@H](O)C[C@H](O[C@H]3[C@@H](O)C[C@H](O[C@H]4CC[C@@]5(C)[C@H](CC[C@@H]6[C@@H]5CC[C@]5(C)[C@@H](C7=CC(=O)OC7)[C@@H](OC=O)C[C@]65O)C4)O[C@@H]3C)O[C@@H]2C)O[C@H](C)[C@H]1O. The highest BCUT2D eigenvalue weighted by molar-refractivity contribution is 5.85. The summed E-state index contributed by atoms with van der Waals surface area (Å²) in [5.41, 5.74) is -0.816. The minimum absolute atomic E-state index is 0.00771. The molecule has 4 saturated carbocycles. The van der Waals surface area contributed by atoms with Crippen molar-refractivity contribution in [3.63, 3.8) is 0 Å². The van der Waals surface area contributed by atoms with E-state index in [0.29, 0.717) is 18.8 Å². The number of cyclic esters (lactones) is 1. The Hall–Kier alpha value is -2.25. The van der Waals surface area contributed by atoms with Crippen molar-refractivity contribution in [2.45, 2.75) is 204 Å². The lowest BCUT2D eigenvalue weighted by Gasteiger charge is -2.63. The molecule has 7 fully saturated rings. The Morgan fingerprint density at radius 2 is 1.43 bits per heavy atom. The maximum atomic E-state index is 12.8. The van der Waals surface area contributed by atoms with Crippen molar-refractivity contribution in [2.24, 2.45) is 34.5 Å². The molecule has 0 aromatic heterocycles. The van der Waals surface area contributed by atoms with Gasteiger partial charge in [-0.1, -0.05) is 13.8 Å². The summed E-state index contributed by atoms with van der Waals surface area (Å²) in [6.07, 6.45) is -1.50. The van der Waals surface area contributed by atoms with E-state index < -0.39 is 96.9 Å². The third-order valence-corrected chi connectivity index (χ3v) is 16.3. The summed E-state index contributed by atoms with van der Waals surface area (Å²) >= 11 is 0. The molecular weight excluding hydrogens is 784 g/mol. The predicted octanol–water partition coefficient (Wildman–Crippen LogP) is 2.97. The van der Waals surface area contributed by atoms with E-state index in [1.807, 2.05) is 6.92 Å². The Morgan fingerprint density at radius 1 is 0.800 bits per heavy atom. The van der Waals surface area contributed by atoms with Crippen LogP contribution in [0.15, 0.2) is 11.6 Å². The molecule has 0 aromatic carbocycles. The molecule has 4 aliphatic heterocycles. The molecule has 60 heavy (non-hydrogen) atoms. The van der Waals surface area contributed by atoms with Crippen LogP contribution >= 0.6 is 0 Å². The molecule has 4 N–H and O–H groups in total. The van der Waals surface area contributed by atoms with E-state index in [2.05, 4.69) is 13.8 Å². The zero-order valence-corrected chi connectivity index (χ0v) is 35.7. The van der Waals surface area contributed by atoms with Gasteiger partial charge in [-0.15, -0.1) is 0 Å². The van der Waals surface area contributed by atoms with E-state index in [0.717, 1.165) is 50.5 Å². The van der Waals surface area contributed by atoms with Crippen LogP contribution in [0, 0.1) is 34.5 Å². The molecule has 0 amide bonds. The van der Waals surface area contributed by atoms with Gasteiger partial charge in [0.05, 0.1) is 42.2 Å². The molecule has 0 spiro atoms. The number of aliphatic hydroxyl groups excluding tert-OH is 3. The second-order valence-electron chi connectivity index (χ2n) is 19.7. The molecular formula is C44H66O16. The van der Waals surface area contributed by atoms with Crippen molar-refractivity contribution in [2.75, 3.05) is 6.61 Å². The fraction of sp³-hybridized carbons (Fsp3) is 0.886. The molecule has 0 unspecified atom stereocenters. The normalized spacial score (nSPS) is 51.6. The van der Waals surface area contributed by atoms with Gasteiger partial charge in [-0.25, -0.2) is 4.79 Å². The first-order valence-electron chi connectivity index (χ1n) is 22.3. The molecule has 4 heterocycles. The Kier molecular flexibility index (Phi) is 12.6. The van der Waals surface area contributed by atoms with Gasteiger partial charge in [-0.2, -0.15) is 0 Å². The summed E-state index contributed by atoms with van der Waals surface area (Å²) in [5, 5.41) is 45.7. The highest BCUT2D eigenvalue weighted by Gasteiger charge is 2.71. The third kappa shape index (κ3) is 7.98. The van der Waals surface area contributed by atoms with Gasteiger partial charge in [0.15, 0.2) is 18.9 Å². The van der Waals surface area contributed by atoms with Crippen LogP contribution in [0.25, 0.3) is 0 Å². The fourth-order valence-electron chi connectivity index (χ4n) is 13.3. The molecule has 0 aromatic rings. The highest BCUT2D eigenvalue weighted by atomic mass is 16.7. The standard InChI is InChI=1S/C44H66O16/c1-21-39(50)32(57-24(4)46)17-37(54-21)60-41-23(3)56-36(16-31(41)48)59-40-22(2)55-35(15-30(40)47)58-27-9-11-42(5)26(14-27)7-8-29-28(42)10-12-43(6)38(25-13-34(49)52-19-25)33(53-20-45)18-44(29,43)51/h13,20-23,26-33,35-41,47-48,50-51H,7-12,14-19H2,1-6H3/t21-,22-,23-,26-,27+,28+,29-,30+,31+,32+,33+,35+,36+,37+,38+,39-,40-,41-,42+,43-,44+/m1/s1. The second-order valence-corrected chi connectivity index (χ2v) is 19.7. The summed E-state index contributed by atoms with van der Waals surface area (Å²) in [4.78, 5) is 35.3. The van der Waals surface area contributed by atoms with Gasteiger partial charge in [0.1, 0.15) is 37.1 Å². The Morgan fingerprint density at radius 3 is 2.03 bits per heavy atom. The molecule has 21 atom stereocenters. The molecule has 8 rings (SSSR count). The highest BCUT2D eigenvalue weighted by Crippen LogP contribution is 2.70. The van der Waals surface area contributed by atoms with Crippen molar-refractivity contribution >= 4 is 18.4 Å². The summed E-state index contributed by atoms with van der Waals surface area (Å²) < 4.78 is 53.4. The average Bonchev–Trinajstić information content (AvgIpc) is 3.69. The van der Waals surface area contributed by atoms with Crippen molar-refractivity contribution in [1.82, 2.24) is 0 Å². The number of hydrogen-bond donors (Lipinski definition) is 4. The number of ether oxygens (including phenoxy) is 9. The van der Waals surface area contributed by atoms with Crippen LogP contribution in [0.4, 0.5) is 0 Å². The van der Waals surface area contributed by atoms with Crippen molar-refractivity contribution < 1.29 is 77.4 Å². The lowest BCUT2D eigenvalue weighted by atomic mass is 9.43. The molecule has 16 nitrogen and oxygen atoms in total. The molecule has 4 aliphatic carbocycles. The van der Waals surface area contributed by atoms with Crippen LogP contribution in [-0.2, 0) is 57.0 Å². The van der Waals surface area contributed by atoms with Gasteiger partial charge in [0.2, 0.25) is 0 Å². The molecule has 16 heteroatoms. The number of rotatable bonds is 10. The number of aliphatic hydroxyl groups is 4. The maximum absolute atomic E-state index is 12.8. The Bertz CT molecular complexity index is 1600. The van der Waals surface area contributed by atoms with E-state index in [1.165, 1.54) is 13.0 Å². The number of carbonyl (C=O) groups is 3. The van der Waals surface area contributed by atoms with Crippen molar-refractivity contribution in [1.29, 1.82) is 0 Å². The second kappa shape index (κ2) is 17.0. The van der Waals surface area contributed by atoms with E-state index >= 15 is 0 Å². The number of carbonyl (C=O) groups excluding carboxylic acids is 3. The zero-order valence-electron chi connectivity index (χ0n) is 35.7. The number of hydrogen-bond acceptors (Lipinski definition) is 16. The summed E-state index contributed by atoms with van der Waals surface area (Å²) in [5.74, 6) is -0.482. The van der Waals surface area contributed by atoms with Crippen LogP contribution < -0.4 is 0 Å². The Balaban J connectivity index is 0.835. The summed E-state index contributed by atoms with van der Waals surface area (Å²) in [6, 6.07) is 0. The quantitative estimate of drug-likeness (QED) is 0.108. The lowest BCUT2D eigenvalue weighted by molar-refractivity contribution is -0.336. The number of esters is 2. The Labute approximate surface area is 351 Å². The van der Waals surface area contributed by atoms with E-state index in [9.17, 15) is 34.8 Å². The monoisotopic (exact) mass is 850 g/mol. The molecule has 3 saturated heterocycles. The lowest BCUT2D eigenvalue weighted by Crippen LogP contribution is -2.62. The van der Waals surface area contributed by atoms with Crippen molar-refractivity contribution in [3.05, 3.63) is 11.6 Å². The van der Waals surface area contributed by atoms with E-state index in [4.69, 9.17) is 42.6 Å². The third-order valence-electron chi connectivity index (χ3n) is 16.3. The topological polar surface area (TPSA) is 215 Å². The molecule has 0 radical (unpaired) electrons. The summed E-state index contributed by atoms with van der Waals surface area (Å²) in [7, 11) is 0. The minimum Gasteiger partial charge on any atom is -0.464 e. The molecule has 8 aliphatic rings. The zero-order chi connectivity index (χ0) is 42.9. The van der Waals surface area contributed by atoms with Crippen LogP contribution in [0.2, 0.25) is 0 Å². The predicted molar refractivity (Wildman–Crippen MR) is 207 cm³/mol. The number of fused-ring (bicyclic) bond motifs is 5. The van der Waals surface area contributed by atoms with Gasteiger partial charge in [-0.05, 0) is 94.5 Å². The first-order valence-corrected chi connectivity index (χ1v) is 22.3. The minimum atomic E-state index is -1.05. The van der Waals surface area contributed by atoms with Gasteiger partial charge < -0.3 is 63.1 Å². The van der Waals surface area contributed by atoms with Crippen molar-refractivity contribution in [3.8, 4) is 0 Å². The largest absolute Gasteiger partial charge is 0.464 e. The van der Waals surface area contributed by atoms with Gasteiger partial charge in [0, 0.05) is 50.0 Å². The van der Waals surface area contributed by atoms with Gasteiger partial charge >= 0.3 is 11.9 Å². The molecule has 0 bridgehead atoms. The smallest absolute Gasteiger partial charge is 0.331 e. The first kappa shape index (κ1) is 44.4. The van der Waals surface area contributed by atoms with Crippen LogP contribution in [-0.4, -0.2) is 137 Å². The van der Waals surface area contributed by atoms with Gasteiger partial charge in [-0.3, -0.25) is 9.59 Å².